The summed E-state index contributed by atoms with van der Waals surface area (Å²) in [7, 11) is 0. The Morgan fingerprint density at radius 3 is 2.47 bits per heavy atom. The highest BCUT2D eigenvalue weighted by Crippen LogP contribution is 2.43. The van der Waals surface area contributed by atoms with Crippen molar-refractivity contribution in [2.24, 2.45) is 11.8 Å². The lowest BCUT2D eigenvalue weighted by Gasteiger charge is -2.30. The third-order valence-electron chi connectivity index (χ3n) is 7.60. The number of carbonyl (C=O) groups excluding carboxylic acids is 2. The standard InChI is InChI=1S/C27H30FNO3/c28-24-7-2-1-6-22(24)26(31)19-12-13-21(23(15-19)16-8-9-16)27(32)29-25-17-4-3-5-20(30)14-18(25)11-10-17/h1-2,6-7,12-13,15-18,20,25,30H,3-5,8-11,14H2,(H,29,32)/t17?,18?,20-,25+/m1/s1. The van der Waals surface area contributed by atoms with Gasteiger partial charge >= 0.3 is 0 Å². The molecule has 0 heterocycles. The van der Waals surface area contributed by atoms with E-state index in [9.17, 15) is 19.1 Å². The van der Waals surface area contributed by atoms with E-state index in [1.165, 1.54) is 12.1 Å². The second kappa shape index (κ2) is 8.78. The quantitative estimate of drug-likeness (QED) is 0.650. The fourth-order valence-corrected chi connectivity index (χ4v) is 5.75. The van der Waals surface area contributed by atoms with Crippen molar-refractivity contribution in [3.63, 3.8) is 0 Å². The molecular weight excluding hydrogens is 405 g/mol. The van der Waals surface area contributed by atoms with Gasteiger partial charge < -0.3 is 10.4 Å². The minimum absolute atomic E-state index is 0.0519. The smallest absolute Gasteiger partial charge is 0.251 e. The number of fused-ring (bicyclic) bond motifs is 2. The molecule has 5 rings (SSSR count). The molecule has 32 heavy (non-hydrogen) atoms. The zero-order chi connectivity index (χ0) is 22.2. The lowest BCUT2D eigenvalue weighted by Crippen LogP contribution is -2.43. The number of halogens is 1. The van der Waals surface area contributed by atoms with E-state index >= 15 is 0 Å². The van der Waals surface area contributed by atoms with E-state index in [0.717, 1.165) is 56.9 Å². The maximum absolute atomic E-state index is 14.1. The largest absolute Gasteiger partial charge is 0.393 e. The van der Waals surface area contributed by atoms with Crippen molar-refractivity contribution < 1.29 is 19.1 Å². The molecule has 4 atom stereocenters. The highest BCUT2D eigenvalue weighted by molar-refractivity contribution is 6.10. The summed E-state index contributed by atoms with van der Waals surface area (Å²) in [5.74, 6) is 0.0975. The van der Waals surface area contributed by atoms with Crippen LogP contribution in [0.5, 0.6) is 0 Å². The van der Waals surface area contributed by atoms with Crippen molar-refractivity contribution in [1.29, 1.82) is 0 Å². The number of ketones is 1. The van der Waals surface area contributed by atoms with Crippen LogP contribution in [0.2, 0.25) is 0 Å². The predicted molar refractivity (Wildman–Crippen MR) is 120 cm³/mol. The third-order valence-corrected chi connectivity index (χ3v) is 7.60. The van der Waals surface area contributed by atoms with Crippen LogP contribution in [0, 0.1) is 17.7 Å². The number of rotatable bonds is 5. The second-order valence-corrected chi connectivity index (χ2v) is 9.80. The topological polar surface area (TPSA) is 66.4 Å². The number of aliphatic hydroxyl groups is 1. The van der Waals surface area contributed by atoms with Gasteiger partial charge in [0.25, 0.3) is 5.91 Å². The average molecular weight is 436 g/mol. The van der Waals surface area contributed by atoms with Crippen LogP contribution < -0.4 is 5.32 Å². The zero-order valence-electron chi connectivity index (χ0n) is 18.2. The fraction of sp³-hybridized carbons (Fsp3) is 0.481. The molecule has 1 amide bonds. The molecule has 4 nitrogen and oxygen atoms in total. The molecule has 0 aliphatic heterocycles. The van der Waals surface area contributed by atoms with E-state index in [0.29, 0.717) is 23.0 Å². The summed E-state index contributed by atoms with van der Waals surface area (Å²) >= 11 is 0. The molecule has 168 valence electrons. The number of benzene rings is 2. The van der Waals surface area contributed by atoms with Crippen LogP contribution in [0.25, 0.3) is 0 Å². The van der Waals surface area contributed by atoms with Crippen molar-refractivity contribution in [1.82, 2.24) is 5.32 Å². The summed E-state index contributed by atoms with van der Waals surface area (Å²) in [6.07, 6.45) is 7.55. The van der Waals surface area contributed by atoms with Gasteiger partial charge in [0.1, 0.15) is 5.82 Å². The lowest BCUT2D eigenvalue weighted by atomic mass is 9.85. The minimum atomic E-state index is -0.533. The van der Waals surface area contributed by atoms with Crippen molar-refractivity contribution in [2.75, 3.05) is 0 Å². The Morgan fingerprint density at radius 1 is 0.906 bits per heavy atom. The first-order valence-corrected chi connectivity index (χ1v) is 11.9. The summed E-state index contributed by atoms with van der Waals surface area (Å²) in [6.45, 7) is 0. The molecule has 2 N–H and O–H groups in total. The van der Waals surface area contributed by atoms with Crippen LogP contribution in [-0.2, 0) is 0 Å². The maximum atomic E-state index is 14.1. The summed E-state index contributed by atoms with van der Waals surface area (Å²) in [4.78, 5) is 26.2. The van der Waals surface area contributed by atoms with Crippen LogP contribution in [0.4, 0.5) is 4.39 Å². The third kappa shape index (κ3) is 4.23. The van der Waals surface area contributed by atoms with Crippen LogP contribution in [0.3, 0.4) is 0 Å². The highest BCUT2D eigenvalue weighted by atomic mass is 19.1. The number of hydrogen-bond acceptors (Lipinski definition) is 3. The summed E-state index contributed by atoms with van der Waals surface area (Å²) < 4.78 is 14.1. The number of amides is 1. The molecule has 0 aromatic heterocycles. The van der Waals surface area contributed by atoms with Gasteiger partial charge in [0.05, 0.1) is 11.7 Å². The monoisotopic (exact) mass is 435 g/mol. The lowest BCUT2D eigenvalue weighted by molar-refractivity contribution is 0.0840. The molecule has 0 saturated heterocycles. The van der Waals surface area contributed by atoms with Gasteiger partial charge in [-0.05, 0) is 92.5 Å². The molecule has 2 bridgehead atoms. The predicted octanol–water partition coefficient (Wildman–Crippen LogP) is 4.99. The molecule has 0 radical (unpaired) electrons. The minimum Gasteiger partial charge on any atom is -0.393 e. The van der Waals surface area contributed by atoms with Crippen molar-refractivity contribution in [3.8, 4) is 0 Å². The van der Waals surface area contributed by atoms with Gasteiger partial charge in [0, 0.05) is 17.2 Å². The number of nitrogens with one attached hydrogen (secondary N) is 1. The summed E-state index contributed by atoms with van der Waals surface area (Å²) in [5, 5.41) is 13.6. The summed E-state index contributed by atoms with van der Waals surface area (Å²) in [5.41, 5.74) is 1.99. The first-order valence-electron chi connectivity index (χ1n) is 11.9. The van der Waals surface area contributed by atoms with E-state index in [-0.39, 0.29) is 35.3 Å². The number of hydrogen-bond donors (Lipinski definition) is 2. The van der Waals surface area contributed by atoms with Gasteiger partial charge in [-0.1, -0.05) is 24.6 Å². The fourth-order valence-electron chi connectivity index (χ4n) is 5.75. The Morgan fingerprint density at radius 2 is 1.69 bits per heavy atom. The van der Waals surface area contributed by atoms with Gasteiger partial charge in [0.15, 0.2) is 5.78 Å². The molecule has 3 aliphatic carbocycles. The molecule has 0 spiro atoms. The molecule has 3 fully saturated rings. The van der Waals surface area contributed by atoms with Gasteiger partial charge in [-0.2, -0.15) is 0 Å². The van der Waals surface area contributed by atoms with Gasteiger partial charge in [-0.25, -0.2) is 4.39 Å². The summed E-state index contributed by atoms with van der Waals surface area (Å²) in [6, 6.07) is 11.3. The van der Waals surface area contributed by atoms with E-state index in [1.807, 2.05) is 0 Å². The zero-order valence-corrected chi connectivity index (χ0v) is 18.2. The first kappa shape index (κ1) is 21.3. The van der Waals surface area contributed by atoms with Crippen LogP contribution in [0.15, 0.2) is 42.5 Å². The van der Waals surface area contributed by atoms with Crippen LogP contribution in [-0.4, -0.2) is 28.9 Å². The van der Waals surface area contributed by atoms with Gasteiger partial charge in [0.2, 0.25) is 0 Å². The normalized spacial score (nSPS) is 27.4. The number of aliphatic hydroxyl groups excluding tert-OH is 1. The maximum Gasteiger partial charge on any atom is 0.251 e. The van der Waals surface area contributed by atoms with Crippen LogP contribution >= 0.6 is 0 Å². The molecular formula is C27H30FNO3. The number of carbonyl (C=O) groups is 2. The van der Waals surface area contributed by atoms with Gasteiger partial charge in [-0.15, -0.1) is 0 Å². The van der Waals surface area contributed by atoms with E-state index < -0.39 is 5.82 Å². The molecule has 3 aliphatic rings. The van der Waals surface area contributed by atoms with Crippen molar-refractivity contribution in [3.05, 3.63) is 70.5 Å². The second-order valence-electron chi connectivity index (χ2n) is 9.80. The molecule has 5 heteroatoms. The molecule has 2 unspecified atom stereocenters. The van der Waals surface area contributed by atoms with E-state index in [1.54, 1.807) is 30.3 Å². The van der Waals surface area contributed by atoms with Crippen LogP contribution in [0.1, 0.15) is 89.1 Å². The Kier molecular flexibility index (Phi) is 5.85. The van der Waals surface area contributed by atoms with Crippen molar-refractivity contribution in [2.45, 2.75) is 69.4 Å². The first-order chi connectivity index (χ1) is 15.5. The van der Waals surface area contributed by atoms with E-state index in [4.69, 9.17) is 0 Å². The Bertz CT molecular complexity index is 1030. The van der Waals surface area contributed by atoms with E-state index in [2.05, 4.69) is 5.32 Å². The Hall–Kier alpha value is -2.53. The van der Waals surface area contributed by atoms with Crippen molar-refractivity contribution >= 4 is 11.7 Å². The molecule has 2 aromatic rings. The molecule has 2 aromatic carbocycles. The Labute approximate surface area is 188 Å². The SMILES string of the molecule is O=C(c1ccc(C(=O)N[C@H]2C3CCC[C@@H](O)CC2CC3)c(C2CC2)c1)c1ccccc1F. The Balaban J connectivity index is 1.39. The molecule has 3 saturated carbocycles. The average Bonchev–Trinajstić information content (AvgIpc) is 3.56. The van der Waals surface area contributed by atoms with Gasteiger partial charge in [-0.3, -0.25) is 9.59 Å². The highest BCUT2D eigenvalue weighted by Gasteiger charge is 2.40.